The Morgan fingerprint density at radius 1 is 0.771 bits per heavy atom. The molecule has 5 aromatic carbocycles. The standard InChI is InChI=1S/C26H16NO.C17H22GeN.Ir/c1-16-11-12-27-24(13-16)21-8-4-7-20-23-14-18-10-9-17-5-2-3-6-19(17)22(18)15-25(23)28-26(20)21;1-13(2)15-11-17(14-9-7-6-8-10-14)19-12-16(15)18(3,4)5;/h2-7,9-15H,1H3;6-9,11-13H,1-5H3;/q2*-1;/i1D3,12D;13D;. The molecule has 8 aromatic rings. The first-order chi connectivity index (χ1) is 24.6. The minimum Gasteiger partial charge on any atom is -0.501 e. The monoisotopic (exact) mass is 870 g/mol. The molecule has 0 spiro atoms. The molecule has 48 heavy (non-hydrogen) atoms. The van der Waals surface area contributed by atoms with Crippen LogP contribution in [-0.4, -0.2) is 23.2 Å². The van der Waals surface area contributed by atoms with Crippen LogP contribution in [0.3, 0.4) is 0 Å². The molecule has 0 unspecified atom stereocenters. The van der Waals surface area contributed by atoms with Crippen LogP contribution in [0.5, 0.6) is 0 Å². The van der Waals surface area contributed by atoms with Crippen molar-refractivity contribution in [2.75, 3.05) is 0 Å². The number of hydrogen-bond acceptors (Lipinski definition) is 3. The zero-order valence-electron chi connectivity index (χ0n) is 32.5. The van der Waals surface area contributed by atoms with Gasteiger partial charge >= 0.3 is 120 Å². The Morgan fingerprint density at radius 2 is 1.58 bits per heavy atom. The van der Waals surface area contributed by atoms with Gasteiger partial charge in [-0.15, -0.1) is 18.2 Å². The second kappa shape index (κ2) is 13.8. The van der Waals surface area contributed by atoms with Gasteiger partial charge in [-0.1, -0.05) is 59.0 Å². The number of aryl methyl sites for hydroxylation is 1. The molecular weight excluding hydrogens is 825 g/mol. The maximum absolute atomic E-state index is 8.44. The van der Waals surface area contributed by atoms with E-state index >= 15 is 0 Å². The molecule has 0 atom stereocenters. The van der Waals surface area contributed by atoms with Crippen LogP contribution in [0.25, 0.3) is 66.0 Å². The third kappa shape index (κ3) is 6.62. The van der Waals surface area contributed by atoms with Gasteiger partial charge in [0.1, 0.15) is 5.58 Å². The fourth-order valence-corrected chi connectivity index (χ4v) is 9.44. The van der Waals surface area contributed by atoms with Crippen LogP contribution in [0, 0.1) is 19.0 Å². The van der Waals surface area contributed by atoms with Crippen molar-refractivity contribution >= 4 is 61.1 Å². The second-order valence-corrected chi connectivity index (χ2v) is 23.6. The molecule has 8 rings (SSSR count). The van der Waals surface area contributed by atoms with Crippen molar-refractivity contribution in [1.29, 1.82) is 0 Å². The Morgan fingerprint density at radius 3 is 2.35 bits per heavy atom. The summed E-state index contributed by atoms with van der Waals surface area (Å²) >= 11 is -2.03. The first kappa shape index (κ1) is 27.8. The molecule has 3 aromatic heterocycles. The molecule has 0 fully saturated rings. The van der Waals surface area contributed by atoms with Crippen molar-refractivity contribution < 1.29 is 31.4 Å². The summed E-state index contributed by atoms with van der Waals surface area (Å²) in [5, 5.41) is 6.41. The van der Waals surface area contributed by atoms with E-state index in [-0.39, 0.29) is 31.8 Å². The molecule has 0 saturated heterocycles. The van der Waals surface area contributed by atoms with Crippen molar-refractivity contribution in [2.24, 2.45) is 0 Å². The van der Waals surface area contributed by atoms with E-state index in [2.05, 4.69) is 81.8 Å². The number of pyridine rings is 2. The van der Waals surface area contributed by atoms with Crippen LogP contribution in [0.4, 0.5) is 0 Å². The van der Waals surface area contributed by atoms with E-state index in [1.54, 1.807) is 6.07 Å². The van der Waals surface area contributed by atoms with Crippen LogP contribution in [0.15, 0.2) is 120 Å². The van der Waals surface area contributed by atoms with Gasteiger partial charge in [0.15, 0.2) is 0 Å². The molecule has 3 nitrogen and oxygen atoms in total. The predicted molar refractivity (Wildman–Crippen MR) is 201 cm³/mol. The Labute approximate surface area is 306 Å². The van der Waals surface area contributed by atoms with Gasteiger partial charge in [-0.25, -0.2) is 0 Å². The fraction of sp³-hybridized carbons (Fsp3) is 0.163. The van der Waals surface area contributed by atoms with E-state index in [1.165, 1.54) is 16.5 Å². The first-order valence-electron chi connectivity index (χ1n) is 18.2. The summed E-state index contributed by atoms with van der Waals surface area (Å²) in [7, 11) is 0. The van der Waals surface area contributed by atoms with Gasteiger partial charge in [0.2, 0.25) is 0 Å². The van der Waals surface area contributed by atoms with Gasteiger partial charge < -0.3 is 9.40 Å². The van der Waals surface area contributed by atoms with E-state index in [9.17, 15) is 0 Å². The van der Waals surface area contributed by atoms with Crippen molar-refractivity contribution in [3.05, 3.63) is 139 Å². The minimum absolute atomic E-state index is 0. The zero-order chi connectivity index (χ0) is 37.0. The van der Waals surface area contributed by atoms with Crippen molar-refractivity contribution in [1.82, 2.24) is 9.97 Å². The van der Waals surface area contributed by atoms with E-state index < -0.39 is 26.0 Å². The summed E-state index contributed by atoms with van der Waals surface area (Å²) in [6, 6.07) is 39.4. The average molecular weight is 869 g/mol. The summed E-state index contributed by atoms with van der Waals surface area (Å²) in [5.74, 6) is 6.45. The molecule has 0 aliphatic rings. The maximum Gasteiger partial charge on any atom is 0.121 e. The molecule has 0 aliphatic carbocycles. The summed E-state index contributed by atoms with van der Waals surface area (Å²) in [5.41, 5.74) is 5.33. The van der Waals surface area contributed by atoms with Crippen LogP contribution in [0.2, 0.25) is 17.3 Å². The minimum atomic E-state index is -2.33. The number of fused-ring (bicyclic) bond motifs is 6. The Balaban J connectivity index is 0.000000199. The largest absolute Gasteiger partial charge is 0.501 e. The van der Waals surface area contributed by atoms with Crippen molar-refractivity contribution in [3.8, 4) is 22.5 Å². The fourth-order valence-electron chi connectivity index (χ4n) is 6.12. The van der Waals surface area contributed by atoms with Crippen LogP contribution >= 0.6 is 0 Å². The Kier molecular flexibility index (Phi) is 8.00. The first-order valence-corrected chi connectivity index (χ1v) is 23.1. The molecule has 0 amide bonds. The molecule has 0 N–H and O–H groups in total. The number of furan rings is 1. The van der Waals surface area contributed by atoms with E-state index in [1.807, 2.05) is 62.5 Å². The van der Waals surface area contributed by atoms with E-state index in [0.29, 0.717) is 16.8 Å². The smallest absolute Gasteiger partial charge is 0.121 e. The second-order valence-electron chi connectivity index (χ2n) is 13.1. The normalized spacial score (nSPS) is 13.6. The average Bonchev–Trinajstić information content (AvgIpc) is 3.47. The number of hydrogen-bond donors (Lipinski definition) is 0. The van der Waals surface area contributed by atoms with E-state index in [4.69, 9.17) is 11.3 Å². The predicted octanol–water partition coefficient (Wildman–Crippen LogP) is 11.3. The molecule has 0 bridgehead atoms. The maximum atomic E-state index is 8.44. The molecule has 3 heterocycles. The topological polar surface area (TPSA) is 38.9 Å². The third-order valence-corrected chi connectivity index (χ3v) is 12.7. The molecule has 241 valence electrons. The SMILES string of the molecule is [2H]C(C)(C)c1cc(-c2[c-]cccc2)nc[c]1[Ge]([CH3])([CH3])[CH3].[2H]c1cc(C([2H])([2H])[2H])cc(-c2[c-]ccc3c2oc2cc4c(ccc5ccccc54)cc23)n1.[Ir]. The van der Waals surface area contributed by atoms with Gasteiger partial charge in [0.05, 0.1) is 6.95 Å². The van der Waals surface area contributed by atoms with Gasteiger partial charge in [0, 0.05) is 35.8 Å². The Hall–Kier alpha value is -4.09. The van der Waals surface area contributed by atoms with Crippen LogP contribution < -0.4 is 4.40 Å². The summed E-state index contributed by atoms with van der Waals surface area (Å²) < 4.78 is 47.2. The number of rotatable bonds is 4. The van der Waals surface area contributed by atoms with Gasteiger partial charge in [-0.05, 0) is 52.3 Å². The third-order valence-electron chi connectivity index (χ3n) is 8.49. The summed E-state index contributed by atoms with van der Waals surface area (Å²) in [6.07, 6.45) is 1.90. The Bertz CT molecular complexity index is 2610. The van der Waals surface area contributed by atoms with Crippen LogP contribution in [0.1, 0.15) is 37.7 Å². The molecule has 0 aliphatic heterocycles. The number of aromatic nitrogens is 2. The number of nitrogens with zero attached hydrogens (tertiary/aromatic N) is 2. The van der Waals surface area contributed by atoms with Gasteiger partial charge in [-0.2, -0.15) is 0 Å². The molecule has 1 radical (unpaired) electrons. The van der Waals surface area contributed by atoms with Gasteiger partial charge in [0.25, 0.3) is 0 Å². The summed E-state index contributed by atoms with van der Waals surface area (Å²) in [4.78, 5) is 8.88. The van der Waals surface area contributed by atoms with Crippen molar-refractivity contribution in [2.45, 2.75) is 43.9 Å². The molecule has 0 saturated carbocycles. The van der Waals surface area contributed by atoms with Crippen molar-refractivity contribution in [3.63, 3.8) is 0 Å². The number of benzene rings is 5. The van der Waals surface area contributed by atoms with Crippen LogP contribution in [-0.2, 0) is 20.1 Å². The van der Waals surface area contributed by atoms with E-state index in [0.717, 1.165) is 54.7 Å². The molecule has 5 heteroatoms. The summed E-state index contributed by atoms with van der Waals surface area (Å²) in [6.45, 7) is 1.59. The zero-order valence-corrected chi connectivity index (χ0v) is 32.0. The quantitative estimate of drug-likeness (QED) is 0.100. The van der Waals surface area contributed by atoms with Gasteiger partial charge in [-0.3, -0.25) is 0 Å². The molecular formula is C43H38GeIrN2O-2.